The van der Waals surface area contributed by atoms with Gasteiger partial charge in [-0.15, -0.1) is 0 Å². The van der Waals surface area contributed by atoms with Crippen LogP contribution in [0.4, 0.5) is 5.69 Å². The molecule has 0 unspecified atom stereocenters. The van der Waals surface area contributed by atoms with E-state index in [1.54, 1.807) is 24.5 Å². The maximum Gasteiger partial charge on any atom is 0.337 e. The quantitative estimate of drug-likeness (QED) is 0.485. The Labute approximate surface area is 134 Å². The molecule has 0 spiro atoms. The number of methoxy groups -OCH3 is 1. The molecule has 0 radical (unpaired) electrons. The van der Waals surface area contributed by atoms with E-state index in [2.05, 4.69) is 15.4 Å². The fourth-order valence-electron chi connectivity index (χ4n) is 1.94. The minimum atomic E-state index is -0.374. The summed E-state index contributed by atoms with van der Waals surface area (Å²) in [5.74, 6) is 0.590. The SMILES string of the molecule is COC(=O)c1cccc(NC(=S)NCCCc2ccco2)c1. The van der Waals surface area contributed by atoms with Crippen molar-refractivity contribution in [2.24, 2.45) is 0 Å². The van der Waals surface area contributed by atoms with Gasteiger partial charge < -0.3 is 19.8 Å². The van der Waals surface area contributed by atoms with Crippen LogP contribution in [0.3, 0.4) is 0 Å². The van der Waals surface area contributed by atoms with Crippen LogP contribution in [0.15, 0.2) is 47.1 Å². The summed E-state index contributed by atoms with van der Waals surface area (Å²) in [4.78, 5) is 11.5. The first-order valence-electron chi connectivity index (χ1n) is 6.94. The Kier molecular flexibility index (Phi) is 5.97. The molecule has 0 aliphatic carbocycles. The van der Waals surface area contributed by atoms with E-state index in [9.17, 15) is 4.79 Å². The van der Waals surface area contributed by atoms with Crippen LogP contribution in [0.1, 0.15) is 22.5 Å². The number of anilines is 1. The standard InChI is InChI=1S/C16H18N2O3S/c1-20-15(19)12-5-2-6-13(11-12)18-16(22)17-9-3-7-14-8-4-10-21-14/h2,4-6,8,10-11H,3,7,9H2,1H3,(H2,17,18,22). The molecule has 5 nitrogen and oxygen atoms in total. The second-order valence-corrected chi connectivity index (χ2v) is 5.04. The Hall–Kier alpha value is -2.34. The fraction of sp³-hybridized carbons (Fsp3) is 0.250. The molecule has 0 saturated carbocycles. The molecule has 1 aromatic heterocycles. The van der Waals surface area contributed by atoms with Crippen molar-refractivity contribution in [2.45, 2.75) is 12.8 Å². The maximum absolute atomic E-state index is 11.5. The van der Waals surface area contributed by atoms with Gasteiger partial charge in [0.15, 0.2) is 5.11 Å². The molecular weight excluding hydrogens is 300 g/mol. The van der Waals surface area contributed by atoms with Crippen molar-refractivity contribution < 1.29 is 13.9 Å². The maximum atomic E-state index is 11.5. The van der Waals surface area contributed by atoms with Gasteiger partial charge in [0.1, 0.15) is 5.76 Å². The highest BCUT2D eigenvalue weighted by atomic mass is 32.1. The van der Waals surface area contributed by atoms with Gasteiger partial charge in [0.25, 0.3) is 0 Å². The van der Waals surface area contributed by atoms with Crippen LogP contribution in [-0.2, 0) is 11.2 Å². The Morgan fingerprint density at radius 2 is 2.18 bits per heavy atom. The molecule has 6 heteroatoms. The van der Waals surface area contributed by atoms with Crippen molar-refractivity contribution in [3.8, 4) is 0 Å². The van der Waals surface area contributed by atoms with Crippen LogP contribution in [0, 0.1) is 0 Å². The molecule has 22 heavy (non-hydrogen) atoms. The lowest BCUT2D eigenvalue weighted by Crippen LogP contribution is -2.29. The molecular formula is C16H18N2O3S. The Morgan fingerprint density at radius 3 is 2.91 bits per heavy atom. The molecule has 0 aliphatic rings. The van der Waals surface area contributed by atoms with Gasteiger partial charge in [-0.05, 0) is 49.0 Å². The number of furan rings is 1. The van der Waals surface area contributed by atoms with E-state index in [0.717, 1.165) is 30.8 Å². The number of esters is 1. The number of thiocarbonyl (C=S) groups is 1. The van der Waals surface area contributed by atoms with Crippen molar-refractivity contribution in [1.29, 1.82) is 0 Å². The first-order chi connectivity index (χ1) is 10.7. The van der Waals surface area contributed by atoms with Crippen molar-refractivity contribution in [3.63, 3.8) is 0 Å². The smallest absolute Gasteiger partial charge is 0.337 e. The molecule has 116 valence electrons. The van der Waals surface area contributed by atoms with Crippen LogP contribution in [0.2, 0.25) is 0 Å². The predicted octanol–water partition coefficient (Wildman–Crippen LogP) is 2.99. The number of hydrogen-bond donors (Lipinski definition) is 2. The van der Waals surface area contributed by atoms with Crippen LogP contribution >= 0.6 is 12.2 Å². The van der Waals surface area contributed by atoms with Crippen LogP contribution < -0.4 is 10.6 Å². The summed E-state index contributed by atoms with van der Waals surface area (Å²) in [5, 5.41) is 6.68. The van der Waals surface area contributed by atoms with Gasteiger partial charge in [-0.3, -0.25) is 0 Å². The van der Waals surface area contributed by atoms with Crippen molar-refractivity contribution in [1.82, 2.24) is 5.32 Å². The molecule has 1 aromatic carbocycles. The third-order valence-corrected chi connectivity index (χ3v) is 3.25. The number of carbonyl (C=O) groups is 1. The number of ether oxygens (including phenoxy) is 1. The molecule has 0 amide bonds. The van der Waals surface area contributed by atoms with Gasteiger partial charge in [-0.1, -0.05) is 6.07 Å². The predicted molar refractivity (Wildman–Crippen MR) is 89.0 cm³/mol. The lowest BCUT2D eigenvalue weighted by atomic mass is 10.2. The lowest BCUT2D eigenvalue weighted by molar-refractivity contribution is 0.0601. The molecule has 0 bridgehead atoms. The normalized spacial score (nSPS) is 10.0. The van der Waals surface area contributed by atoms with E-state index in [4.69, 9.17) is 16.6 Å². The average molecular weight is 318 g/mol. The van der Waals surface area contributed by atoms with Gasteiger partial charge in [0.05, 0.1) is 18.9 Å². The third-order valence-electron chi connectivity index (χ3n) is 3.01. The van der Waals surface area contributed by atoms with E-state index in [0.29, 0.717) is 10.7 Å². The molecule has 2 rings (SSSR count). The van der Waals surface area contributed by atoms with Gasteiger partial charge in [-0.2, -0.15) is 0 Å². The summed E-state index contributed by atoms with van der Waals surface area (Å²) >= 11 is 5.22. The Balaban J connectivity index is 1.75. The minimum Gasteiger partial charge on any atom is -0.469 e. The van der Waals surface area contributed by atoms with Gasteiger partial charge in [0.2, 0.25) is 0 Å². The Morgan fingerprint density at radius 1 is 1.32 bits per heavy atom. The fourth-order valence-corrected chi connectivity index (χ4v) is 2.16. The number of benzene rings is 1. The van der Waals surface area contributed by atoms with E-state index in [-0.39, 0.29) is 5.97 Å². The van der Waals surface area contributed by atoms with Gasteiger partial charge in [-0.25, -0.2) is 4.79 Å². The van der Waals surface area contributed by atoms with Crippen LogP contribution in [-0.4, -0.2) is 24.7 Å². The van der Waals surface area contributed by atoms with E-state index >= 15 is 0 Å². The van der Waals surface area contributed by atoms with Crippen LogP contribution in [0.5, 0.6) is 0 Å². The second kappa shape index (κ2) is 8.19. The minimum absolute atomic E-state index is 0.374. The summed E-state index contributed by atoms with van der Waals surface area (Å²) in [6, 6.07) is 10.8. The van der Waals surface area contributed by atoms with Crippen molar-refractivity contribution in [3.05, 3.63) is 54.0 Å². The number of carbonyl (C=O) groups excluding carboxylic acids is 1. The summed E-state index contributed by atoms with van der Waals surface area (Å²) in [7, 11) is 1.35. The molecule has 0 atom stereocenters. The lowest BCUT2D eigenvalue weighted by Gasteiger charge is -2.11. The molecule has 1 heterocycles. The summed E-state index contributed by atoms with van der Waals surface area (Å²) in [6.07, 6.45) is 3.45. The van der Waals surface area contributed by atoms with E-state index < -0.39 is 0 Å². The highest BCUT2D eigenvalue weighted by Crippen LogP contribution is 2.11. The highest BCUT2D eigenvalue weighted by Gasteiger charge is 2.06. The zero-order chi connectivity index (χ0) is 15.8. The molecule has 2 aromatic rings. The average Bonchev–Trinajstić information content (AvgIpc) is 3.04. The summed E-state index contributed by atoms with van der Waals surface area (Å²) in [5.41, 5.74) is 1.22. The molecule has 0 fully saturated rings. The zero-order valence-corrected chi connectivity index (χ0v) is 13.1. The number of nitrogens with one attached hydrogen (secondary N) is 2. The monoisotopic (exact) mass is 318 g/mol. The molecule has 0 aliphatic heterocycles. The first kappa shape index (κ1) is 16.0. The molecule has 0 saturated heterocycles. The first-order valence-corrected chi connectivity index (χ1v) is 7.35. The third kappa shape index (κ3) is 4.89. The number of rotatable bonds is 6. The Bertz CT molecular complexity index is 626. The topological polar surface area (TPSA) is 63.5 Å². The van der Waals surface area contributed by atoms with Crippen LogP contribution in [0.25, 0.3) is 0 Å². The van der Waals surface area contributed by atoms with Crippen molar-refractivity contribution >= 4 is 29.0 Å². The van der Waals surface area contributed by atoms with Gasteiger partial charge >= 0.3 is 5.97 Å². The van der Waals surface area contributed by atoms with Gasteiger partial charge in [0, 0.05) is 18.7 Å². The largest absolute Gasteiger partial charge is 0.469 e. The zero-order valence-electron chi connectivity index (χ0n) is 12.3. The summed E-state index contributed by atoms with van der Waals surface area (Å²) in [6.45, 7) is 0.739. The van der Waals surface area contributed by atoms with E-state index in [1.807, 2.05) is 18.2 Å². The van der Waals surface area contributed by atoms with Crippen molar-refractivity contribution in [2.75, 3.05) is 19.0 Å². The second-order valence-electron chi connectivity index (χ2n) is 4.64. The van der Waals surface area contributed by atoms with E-state index in [1.165, 1.54) is 7.11 Å². The summed E-state index contributed by atoms with van der Waals surface area (Å²) < 4.78 is 9.95. The molecule has 2 N–H and O–H groups in total. The number of aryl methyl sites for hydroxylation is 1. The number of hydrogen-bond acceptors (Lipinski definition) is 4. The highest BCUT2D eigenvalue weighted by molar-refractivity contribution is 7.80.